The molecule has 1 unspecified atom stereocenters. The van der Waals surface area contributed by atoms with Crippen LogP contribution in [0.15, 0.2) is 24.3 Å². The minimum atomic E-state index is 0.0107. The van der Waals surface area contributed by atoms with Crippen molar-refractivity contribution in [3.8, 4) is 0 Å². The van der Waals surface area contributed by atoms with Gasteiger partial charge in [-0.1, -0.05) is 29.8 Å². The third kappa shape index (κ3) is 3.38. The van der Waals surface area contributed by atoms with Crippen molar-refractivity contribution >= 4 is 5.97 Å². The first kappa shape index (κ1) is 16.2. The normalized spacial score (nSPS) is 36.7. The third-order valence-electron chi connectivity index (χ3n) is 6.98. The Hall–Kier alpha value is -1.31. The van der Waals surface area contributed by atoms with Gasteiger partial charge in [-0.2, -0.15) is 0 Å². The summed E-state index contributed by atoms with van der Waals surface area (Å²) in [5, 5.41) is 0. The summed E-state index contributed by atoms with van der Waals surface area (Å²) >= 11 is 0. The second-order valence-corrected chi connectivity index (χ2v) is 8.43. The van der Waals surface area contributed by atoms with E-state index in [0.717, 1.165) is 17.8 Å². The van der Waals surface area contributed by atoms with Crippen molar-refractivity contribution in [1.82, 2.24) is 0 Å². The van der Waals surface area contributed by atoms with Crippen molar-refractivity contribution in [1.29, 1.82) is 0 Å². The Kier molecular flexibility index (Phi) is 4.65. The van der Waals surface area contributed by atoms with Crippen LogP contribution in [0.1, 0.15) is 74.8 Å². The molecule has 2 aliphatic carbocycles. The monoisotopic (exact) mass is 326 g/mol. The molecule has 2 nitrogen and oxygen atoms in total. The molecule has 130 valence electrons. The van der Waals surface area contributed by atoms with Gasteiger partial charge in [0, 0.05) is 0 Å². The maximum absolute atomic E-state index is 11.0. The van der Waals surface area contributed by atoms with Crippen LogP contribution in [-0.4, -0.2) is 12.1 Å². The van der Waals surface area contributed by atoms with E-state index in [9.17, 15) is 4.79 Å². The standard InChI is InChI=1S/C22H30O2/c1-15-2-4-16(5-3-15)17-6-8-18(9-7-17)19-10-12-20(13-11-19)21-14-22(23)24-21/h2-5,17-21H,6-14H2,1H3/t17-,18-,19?,20?,21?. The Labute approximate surface area is 146 Å². The molecule has 1 aromatic carbocycles. The summed E-state index contributed by atoms with van der Waals surface area (Å²) in [4.78, 5) is 11.0. The second kappa shape index (κ2) is 6.90. The highest BCUT2D eigenvalue weighted by Crippen LogP contribution is 2.45. The first-order chi connectivity index (χ1) is 11.7. The Balaban J connectivity index is 1.24. The first-order valence-electron chi connectivity index (χ1n) is 9.95. The van der Waals surface area contributed by atoms with Gasteiger partial charge in [0.2, 0.25) is 0 Å². The Morgan fingerprint density at radius 1 is 0.792 bits per heavy atom. The molecule has 3 aliphatic rings. The summed E-state index contributed by atoms with van der Waals surface area (Å²) in [7, 11) is 0. The quantitative estimate of drug-likeness (QED) is 0.696. The number of hydrogen-bond donors (Lipinski definition) is 0. The van der Waals surface area contributed by atoms with Gasteiger partial charge < -0.3 is 4.74 Å². The smallest absolute Gasteiger partial charge is 0.309 e. The Morgan fingerprint density at radius 3 is 1.83 bits per heavy atom. The fraction of sp³-hybridized carbons (Fsp3) is 0.682. The zero-order valence-corrected chi connectivity index (χ0v) is 14.9. The van der Waals surface area contributed by atoms with E-state index in [2.05, 4.69) is 31.2 Å². The maximum atomic E-state index is 11.0. The van der Waals surface area contributed by atoms with Crippen molar-refractivity contribution in [3.05, 3.63) is 35.4 Å². The second-order valence-electron chi connectivity index (χ2n) is 8.43. The van der Waals surface area contributed by atoms with Crippen molar-refractivity contribution in [3.63, 3.8) is 0 Å². The molecule has 0 spiro atoms. The van der Waals surface area contributed by atoms with Crippen molar-refractivity contribution in [2.45, 2.75) is 76.7 Å². The number of ether oxygens (including phenoxy) is 1. The lowest BCUT2D eigenvalue weighted by molar-refractivity contribution is -0.176. The first-order valence-corrected chi connectivity index (χ1v) is 9.95. The molecule has 1 saturated heterocycles. The van der Waals surface area contributed by atoms with Crippen LogP contribution < -0.4 is 0 Å². The van der Waals surface area contributed by atoms with Gasteiger partial charge in [-0.15, -0.1) is 0 Å². The molecule has 24 heavy (non-hydrogen) atoms. The van der Waals surface area contributed by atoms with Crippen LogP contribution in [0, 0.1) is 24.7 Å². The molecule has 0 aromatic heterocycles. The number of benzene rings is 1. The SMILES string of the molecule is Cc1ccc([C@H]2CC[C@H](C3CCC(C4CC(=O)O4)CC3)CC2)cc1. The summed E-state index contributed by atoms with van der Waals surface area (Å²) in [5.74, 6) is 3.32. The topological polar surface area (TPSA) is 26.3 Å². The Morgan fingerprint density at radius 2 is 1.29 bits per heavy atom. The zero-order valence-electron chi connectivity index (χ0n) is 14.9. The number of esters is 1. The summed E-state index contributed by atoms with van der Waals surface area (Å²) in [6.07, 6.45) is 11.8. The van der Waals surface area contributed by atoms with Crippen molar-refractivity contribution in [2.75, 3.05) is 0 Å². The molecule has 1 atom stereocenters. The molecule has 0 radical (unpaired) electrons. The van der Waals surface area contributed by atoms with Gasteiger partial charge in [-0.05, 0) is 87.5 Å². The zero-order chi connectivity index (χ0) is 16.5. The van der Waals surface area contributed by atoms with Crippen molar-refractivity contribution < 1.29 is 9.53 Å². The average molecular weight is 326 g/mol. The minimum absolute atomic E-state index is 0.0107. The van der Waals surface area contributed by atoms with E-state index in [-0.39, 0.29) is 12.1 Å². The average Bonchev–Trinajstić information content (AvgIpc) is 2.60. The van der Waals surface area contributed by atoms with Crippen LogP contribution in [0.4, 0.5) is 0 Å². The molecule has 0 N–H and O–H groups in total. The van der Waals surface area contributed by atoms with Crippen LogP contribution in [-0.2, 0) is 9.53 Å². The predicted octanol–water partition coefficient (Wildman–Crippen LogP) is 5.39. The molecule has 0 bridgehead atoms. The van der Waals surface area contributed by atoms with Crippen LogP contribution in [0.3, 0.4) is 0 Å². The van der Waals surface area contributed by atoms with E-state index >= 15 is 0 Å². The molecule has 1 heterocycles. The predicted molar refractivity (Wildman–Crippen MR) is 95.8 cm³/mol. The highest BCUT2D eigenvalue weighted by atomic mass is 16.6. The molecule has 3 fully saturated rings. The van der Waals surface area contributed by atoms with E-state index in [0.29, 0.717) is 12.3 Å². The van der Waals surface area contributed by atoms with Gasteiger partial charge in [0.05, 0.1) is 6.42 Å². The van der Waals surface area contributed by atoms with Crippen LogP contribution in [0.2, 0.25) is 0 Å². The third-order valence-corrected chi connectivity index (χ3v) is 6.98. The van der Waals surface area contributed by atoms with E-state index in [1.54, 1.807) is 5.56 Å². The highest BCUT2D eigenvalue weighted by Gasteiger charge is 2.39. The van der Waals surface area contributed by atoms with Crippen LogP contribution in [0.5, 0.6) is 0 Å². The van der Waals surface area contributed by atoms with Gasteiger partial charge in [0.15, 0.2) is 0 Å². The van der Waals surface area contributed by atoms with Crippen molar-refractivity contribution in [2.24, 2.45) is 17.8 Å². The molecular formula is C22H30O2. The summed E-state index contributed by atoms with van der Waals surface area (Å²) in [6.45, 7) is 2.17. The number of hydrogen-bond acceptors (Lipinski definition) is 2. The molecule has 1 aliphatic heterocycles. The van der Waals surface area contributed by atoms with E-state index in [4.69, 9.17) is 4.74 Å². The van der Waals surface area contributed by atoms with Gasteiger partial charge in [0.1, 0.15) is 6.10 Å². The Bertz CT molecular complexity index is 552. The largest absolute Gasteiger partial charge is 0.461 e. The van der Waals surface area contributed by atoms with Gasteiger partial charge in [-0.3, -0.25) is 4.79 Å². The molecular weight excluding hydrogens is 296 g/mol. The number of cyclic esters (lactones) is 1. The number of rotatable bonds is 3. The summed E-state index contributed by atoms with van der Waals surface area (Å²) in [5.41, 5.74) is 2.91. The van der Waals surface area contributed by atoms with Gasteiger partial charge >= 0.3 is 5.97 Å². The molecule has 2 saturated carbocycles. The fourth-order valence-corrected chi connectivity index (χ4v) is 5.34. The van der Waals surface area contributed by atoms with E-state index in [1.807, 2.05) is 0 Å². The lowest BCUT2D eigenvalue weighted by Gasteiger charge is -2.41. The van der Waals surface area contributed by atoms with Gasteiger partial charge in [0.25, 0.3) is 0 Å². The number of carbonyl (C=O) groups is 1. The van der Waals surface area contributed by atoms with Crippen LogP contribution >= 0.6 is 0 Å². The summed E-state index contributed by atoms with van der Waals surface area (Å²) in [6, 6.07) is 9.20. The number of aryl methyl sites for hydroxylation is 1. The summed E-state index contributed by atoms with van der Waals surface area (Å²) < 4.78 is 5.29. The molecule has 0 amide bonds. The lowest BCUT2D eigenvalue weighted by atomic mass is 9.67. The molecule has 1 aromatic rings. The van der Waals surface area contributed by atoms with E-state index < -0.39 is 0 Å². The molecule has 2 heteroatoms. The maximum Gasteiger partial charge on any atom is 0.309 e. The minimum Gasteiger partial charge on any atom is -0.461 e. The fourth-order valence-electron chi connectivity index (χ4n) is 5.34. The van der Waals surface area contributed by atoms with Crippen LogP contribution in [0.25, 0.3) is 0 Å². The lowest BCUT2D eigenvalue weighted by Crippen LogP contribution is -2.41. The van der Waals surface area contributed by atoms with Gasteiger partial charge in [-0.25, -0.2) is 0 Å². The highest BCUT2D eigenvalue weighted by molar-refractivity contribution is 5.75. The molecule has 4 rings (SSSR count). The number of carbonyl (C=O) groups excluding carboxylic acids is 1. The van der Waals surface area contributed by atoms with E-state index in [1.165, 1.54) is 56.9 Å².